The monoisotopic (exact) mass is 307 g/mol. The number of aliphatic imine (C=N–C) groups is 1. The van der Waals surface area contributed by atoms with Crippen LogP contribution in [0.1, 0.15) is 23.7 Å². The van der Waals surface area contributed by atoms with Gasteiger partial charge in [0.05, 0.1) is 20.3 Å². The van der Waals surface area contributed by atoms with Crippen molar-refractivity contribution in [1.82, 2.24) is 10.2 Å². The summed E-state index contributed by atoms with van der Waals surface area (Å²) in [7, 11) is 5.50. The number of nitrogens with zero attached hydrogens (tertiary/aromatic N) is 2. The van der Waals surface area contributed by atoms with Gasteiger partial charge < -0.3 is 14.4 Å². The Balaban J connectivity index is 2.72. The van der Waals surface area contributed by atoms with Crippen molar-refractivity contribution in [2.45, 2.75) is 13.3 Å². The van der Waals surface area contributed by atoms with Gasteiger partial charge >= 0.3 is 0 Å². The third kappa shape index (κ3) is 6.58. The summed E-state index contributed by atoms with van der Waals surface area (Å²) < 4.78 is 10.6. The summed E-state index contributed by atoms with van der Waals surface area (Å²) >= 11 is 0. The van der Waals surface area contributed by atoms with E-state index in [1.54, 1.807) is 31.4 Å². The number of carbonyl (C=O) groups excluding carboxylic acids is 1. The Kier molecular flexibility index (Phi) is 7.99. The molecular weight excluding hydrogens is 282 g/mol. The Morgan fingerprint density at radius 2 is 2.14 bits per heavy atom. The lowest BCUT2D eigenvalue weighted by molar-refractivity contribution is 0.0965. The number of ether oxygens (including phenoxy) is 2. The molecule has 0 saturated heterocycles. The van der Waals surface area contributed by atoms with Crippen LogP contribution in [0, 0.1) is 0 Å². The number of amides is 1. The van der Waals surface area contributed by atoms with Crippen molar-refractivity contribution in [3.05, 3.63) is 29.8 Å². The fourth-order valence-electron chi connectivity index (χ4n) is 1.61. The second-order valence-corrected chi connectivity index (χ2v) is 5.02. The van der Waals surface area contributed by atoms with Crippen molar-refractivity contribution in [1.29, 1.82) is 0 Å². The molecule has 6 heteroatoms. The van der Waals surface area contributed by atoms with Crippen LogP contribution in [0.15, 0.2) is 29.3 Å². The van der Waals surface area contributed by atoms with E-state index in [0.717, 1.165) is 13.0 Å². The first-order valence-electron chi connectivity index (χ1n) is 7.34. The zero-order chi connectivity index (χ0) is 16.4. The van der Waals surface area contributed by atoms with Crippen LogP contribution >= 0.6 is 0 Å². The van der Waals surface area contributed by atoms with Crippen LogP contribution in [0.5, 0.6) is 5.75 Å². The number of hydrogen-bond acceptors (Lipinski definition) is 5. The summed E-state index contributed by atoms with van der Waals surface area (Å²) in [5.41, 5.74) is 0.500. The standard InChI is InChI=1S/C16H25N3O3/c1-5-11-22-16(17-9-10-19(2)3)18-15(20)13-7-6-8-14(12-13)21-4/h6-8,12H,5,9-11H2,1-4H3,(H,17,18,20). The number of amidine groups is 1. The van der Waals surface area contributed by atoms with Crippen LogP contribution in [-0.2, 0) is 4.74 Å². The van der Waals surface area contributed by atoms with E-state index >= 15 is 0 Å². The predicted molar refractivity (Wildman–Crippen MR) is 87.6 cm³/mol. The summed E-state index contributed by atoms with van der Waals surface area (Å²) in [6.45, 7) is 3.86. The molecule has 0 heterocycles. The van der Waals surface area contributed by atoms with Gasteiger partial charge in [-0.15, -0.1) is 0 Å². The molecule has 0 aliphatic carbocycles. The summed E-state index contributed by atoms with van der Waals surface area (Å²) in [4.78, 5) is 18.6. The van der Waals surface area contributed by atoms with Crippen molar-refractivity contribution in [2.75, 3.05) is 40.9 Å². The Labute approximate surface area is 132 Å². The van der Waals surface area contributed by atoms with Crippen LogP contribution in [-0.4, -0.2) is 57.7 Å². The molecule has 0 spiro atoms. The molecule has 1 aromatic carbocycles. The zero-order valence-corrected chi connectivity index (χ0v) is 13.8. The van der Waals surface area contributed by atoms with E-state index in [0.29, 0.717) is 24.5 Å². The molecule has 122 valence electrons. The Morgan fingerprint density at radius 3 is 2.77 bits per heavy atom. The SMILES string of the molecule is CCCOC(=NCCN(C)C)NC(=O)c1cccc(OC)c1. The normalized spacial score (nSPS) is 11.4. The van der Waals surface area contributed by atoms with E-state index in [4.69, 9.17) is 9.47 Å². The number of hydrogen-bond donors (Lipinski definition) is 1. The zero-order valence-electron chi connectivity index (χ0n) is 13.8. The second kappa shape index (κ2) is 9.78. The van der Waals surface area contributed by atoms with E-state index < -0.39 is 0 Å². The third-order valence-corrected chi connectivity index (χ3v) is 2.80. The highest BCUT2D eigenvalue weighted by Crippen LogP contribution is 2.12. The van der Waals surface area contributed by atoms with E-state index in [-0.39, 0.29) is 11.9 Å². The maximum absolute atomic E-state index is 12.2. The molecule has 0 unspecified atom stereocenters. The molecule has 1 rings (SSSR count). The number of likely N-dealkylation sites (N-methyl/N-ethyl adjacent to an activating group) is 1. The largest absolute Gasteiger partial charge is 0.497 e. The van der Waals surface area contributed by atoms with Crippen molar-refractivity contribution < 1.29 is 14.3 Å². The molecule has 0 saturated carbocycles. The van der Waals surface area contributed by atoms with Gasteiger partial charge in [-0.3, -0.25) is 10.1 Å². The first-order valence-corrected chi connectivity index (χ1v) is 7.34. The van der Waals surface area contributed by atoms with E-state index in [9.17, 15) is 4.79 Å². The highest BCUT2D eigenvalue weighted by molar-refractivity contribution is 6.04. The quantitative estimate of drug-likeness (QED) is 0.616. The number of nitrogens with one attached hydrogen (secondary N) is 1. The fraction of sp³-hybridized carbons (Fsp3) is 0.500. The Morgan fingerprint density at radius 1 is 1.36 bits per heavy atom. The molecular formula is C16H25N3O3. The highest BCUT2D eigenvalue weighted by Gasteiger charge is 2.10. The molecule has 0 aromatic heterocycles. The molecule has 1 aromatic rings. The summed E-state index contributed by atoms with van der Waals surface area (Å²) in [6, 6.07) is 7.21. The average Bonchev–Trinajstić information content (AvgIpc) is 2.52. The van der Waals surface area contributed by atoms with Crippen molar-refractivity contribution in [3.63, 3.8) is 0 Å². The van der Waals surface area contributed by atoms with Crippen LogP contribution in [0.4, 0.5) is 0 Å². The lowest BCUT2D eigenvalue weighted by Gasteiger charge is -2.12. The van der Waals surface area contributed by atoms with E-state index in [2.05, 4.69) is 10.3 Å². The minimum atomic E-state index is -0.265. The summed E-state index contributed by atoms with van der Waals surface area (Å²) in [5, 5.41) is 2.71. The highest BCUT2D eigenvalue weighted by atomic mass is 16.5. The number of carbonyl (C=O) groups is 1. The van der Waals surface area contributed by atoms with Gasteiger partial charge in [0.25, 0.3) is 11.9 Å². The average molecular weight is 307 g/mol. The van der Waals surface area contributed by atoms with Gasteiger partial charge in [0.2, 0.25) is 0 Å². The molecule has 0 fully saturated rings. The van der Waals surface area contributed by atoms with Gasteiger partial charge in [0.1, 0.15) is 5.75 Å². The smallest absolute Gasteiger partial charge is 0.291 e. The van der Waals surface area contributed by atoms with Gasteiger partial charge in [-0.1, -0.05) is 13.0 Å². The number of methoxy groups -OCH3 is 1. The molecule has 0 radical (unpaired) electrons. The maximum atomic E-state index is 12.2. The van der Waals surface area contributed by atoms with Crippen molar-refractivity contribution >= 4 is 11.9 Å². The van der Waals surface area contributed by atoms with Gasteiger partial charge in [-0.2, -0.15) is 0 Å². The van der Waals surface area contributed by atoms with Crippen LogP contribution in [0.25, 0.3) is 0 Å². The molecule has 1 amide bonds. The molecule has 0 atom stereocenters. The molecule has 1 N–H and O–H groups in total. The molecule has 22 heavy (non-hydrogen) atoms. The fourth-order valence-corrected chi connectivity index (χ4v) is 1.61. The lowest BCUT2D eigenvalue weighted by atomic mass is 10.2. The number of benzene rings is 1. The van der Waals surface area contributed by atoms with Gasteiger partial charge in [0, 0.05) is 12.1 Å². The first kappa shape index (κ1) is 18.0. The lowest BCUT2D eigenvalue weighted by Crippen LogP contribution is -2.33. The summed E-state index contributed by atoms with van der Waals surface area (Å²) in [6.07, 6.45) is 0.849. The van der Waals surface area contributed by atoms with Gasteiger partial charge in [0.15, 0.2) is 0 Å². The predicted octanol–water partition coefficient (Wildman–Crippen LogP) is 1.77. The van der Waals surface area contributed by atoms with Gasteiger partial charge in [-0.05, 0) is 38.7 Å². The van der Waals surface area contributed by atoms with Crippen LogP contribution < -0.4 is 10.1 Å². The Hall–Kier alpha value is -2.08. The first-order chi connectivity index (χ1) is 10.6. The Bertz CT molecular complexity index is 501. The maximum Gasteiger partial charge on any atom is 0.291 e. The molecule has 0 bridgehead atoms. The van der Waals surface area contributed by atoms with Crippen LogP contribution in [0.2, 0.25) is 0 Å². The topological polar surface area (TPSA) is 63.2 Å². The second-order valence-electron chi connectivity index (χ2n) is 5.02. The van der Waals surface area contributed by atoms with E-state index in [1.807, 2.05) is 25.9 Å². The molecule has 0 aliphatic heterocycles. The minimum absolute atomic E-state index is 0.261. The van der Waals surface area contributed by atoms with Crippen LogP contribution in [0.3, 0.4) is 0 Å². The van der Waals surface area contributed by atoms with Crippen molar-refractivity contribution in [2.24, 2.45) is 4.99 Å². The molecule has 6 nitrogen and oxygen atoms in total. The van der Waals surface area contributed by atoms with E-state index in [1.165, 1.54) is 0 Å². The minimum Gasteiger partial charge on any atom is -0.497 e. The van der Waals surface area contributed by atoms with Gasteiger partial charge in [-0.25, -0.2) is 4.99 Å². The third-order valence-electron chi connectivity index (χ3n) is 2.80. The molecule has 0 aliphatic rings. The van der Waals surface area contributed by atoms with Crippen molar-refractivity contribution in [3.8, 4) is 5.75 Å². The summed E-state index contributed by atoms with van der Waals surface area (Å²) in [5.74, 6) is 0.367. The number of rotatable bonds is 7.